The van der Waals surface area contributed by atoms with Crippen LogP contribution in [0.5, 0.6) is 0 Å². The molecule has 0 fully saturated rings. The number of hydrogen-bond donors (Lipinski definition) is 3. The van der Waals surface area contributed by atoms with E-state index in [4.69, 9.17) is 21.8 Å². The number of aryl methyl sites for hydroxylation is 1. The van der Waals surface area contributed by atoms with Crippen LogP contribution in [0.1, 0.15) is 5.56 Å². The van der Waals surface area contributed by atoms with Crippen molar-refractivity contribution in [2.45, 2.75) is 13.0 Å². The third kappa shape index (κ3) is 3.65. The summed E-state index contributed by atoms with van der Waals surface area (Å²) in [6.07, 6.45) is -0.750. The molecule has 0 aliphatic carbocycles. The first-order valence-electron chi connectivity index (χ1n) is 4.53. The lowest BCUT2D eigenvalue weighted by atomic mass is 10.2. The van der Waals surface area contributed by atoms with Gasteiger partial charge in [-0.15, -0.1) is 0 Å². The van der Waals surface area contributed by atoms with Gasteiger partial charge in [-0.05, 0) is 40.5 Å². The predicted octanol–water partition coefficient (Wildman–Crippen LogP) is 2.18. The average molecular weight is 295 g/mol. The molecule has 1 aromatic carbocycles. The summed E-state index contributed by atoms with van der Waals surface area (Å²) in [5, 5.41) is 21.5. The van der Waals surface area contributed by atoms with Crippen molar-refractivity contribution in [3.63, 3.8) is 0 Å². The maximum absolute atomic E-state index is 9.16. The van der Waals surface area contributed by atoms with Gasteiger partial charge in [0.25, 0.3) is 0 Å². The Morgan fingerprint density at radius 3 is 2.73 bits per heavy atom. The normalized spacial score (nSPS) is 12.6. The zero-order valence-electron chi connectivity index (χ0n) is 8.30. The van der Waals surface area contributed by atoms with Crippen LogP contribution in [-0.2, 0) is 0 Å². The second-order valence-corrected chi connectivity index (χ2v) is 4.54. The molecule has 0 saturated heterocycles. The standard InChI is InChI=1S/C10H13BrClNO2/c1-6-2-7(3-9(11)10(6)12)13-4-8(15)5-14/h2-3,8,13-15H,4-5H2,1H3. The maximum Gasteiger partial charge on any atom is 0.0942 e. The molecule has 0 aromatic heterocycles. The molecule has 1 aromatic rings. The highest BCUT2D eigenvalue weighted by atomic mass is 79.9. The smallest absolute Gasteiger partial charge is 0.0942 e. The lowest BCUT2D eigenvalue weighted by molar-refractivity contribution is 0.105. The lowest BCUT2D eigenvalue weighted by Crippen LogP contribution is -2.22. The van der Waals surface area contributed by atoms with Gasteiger partial charge >= 0.3 is 0 Å². The third-order valence-corrected chi connectivity index (χ3v) is 3.32. The number of rotatable bonds is 4. The summed E-state index contributed by atoms with van der Waals surface area (Å²) in [5.74, 6) is 0. The Labute approximate surface area is 102 Å². The van der Waals surface area contributed by atoms with Gasteiger partial charge < -0.3 is 15.5 Å². The molecule has 84 valence electrons. The SMILES string of the molecule is Cc1cc(NCC(O)CO)cc(Br)c1Cl. The number of benzene rings is 1. The lowest BCUT2D eigenvalue weighted by Gasteiger charge is -2.12. The van der Waals surface area contributed by atoms with Crippen molar-refractivity contribution in [3.8, 4) is 0 Å². The molecule has 15 heavy (non-hydrogen) atoms. The van der Waals surface area contributed by atoms with Crippen molar-refractivity contribution in [1.82, 2.24) is 0 Å². The number of anilines is 1. The van der Waals surface area contributed by atoms with Gasteiger partial charge in [0.05, 0.1) is 17.7 Å². The fourth-order valence-electron chi connectivity index (χ4n) is 1.13. The summed E-state index contributed by atoms with van der Waals surface area (Å²) in [6.45, 7) is 1.96. The largest absolute Gasteiger partial charge is 0.394 e. The van der Waals surface area contributed by atoms with E-state index in [1.165, 1.54) is 0 Å². The van der Waals surface area contributed by atoms with E-state index in [1.54, 1.807) is 0 Å². The zero-order valence-corrected chi connectivity index (χ0v) is 10.6. The van der Waals surface area contributed by atoms with Gasteiger partial charge in [-0.2, -0.15) is 0 Å². The Hall–Kier alpha value is -0.290. The van der Waals surface area contributed by atoms with Crippen LogP contribution in [0.4, 0.5) is 5.69 Å². The van der Waals surface area contributed by atoms with Crippen molar-refractivity contribution >= 4 is 33.2 Å². The summed E-state index contributed by atoms with van der Waals surface area (Å²) in [7, 11) is 0. The monoisotopic (exact) mass is 293 g/mol. The number of hydrogen-bond acceptors (Lipinski definition) is 3. The molecule has 1 rings (SSSR count). The van der Waals surface area contributed by atoms with E-state index < -0.39 is 6.10 Å². The van der Waals surface area contributed by atoms with Gasteiger partial charge in [0.2, 0.25) is 0 Å². The minimum atomic E-state index is -0.750. The van der Waals surface area contributed by atoms with Gasteiger partial charge in [0, 0.05) is 16.7 Å². The molecule has 0 aliphatic rings. The van der Waals surface area contributed by atoms with Gasteiger partial charge in [-0.1, -0.05) is 11.6 Å². The third-order valence-electron chi connectivity index (χ3n) is 1.96. The first kappa shape index (κ1) is 12.8. The minimum absolute atomic E-state index is 0.249. The second-order valence-electron chi connectivity index (χ2n) is 3.31. The van der Waals surface area contributed by atoms with Crippen molar-refractivity contribution in [3.05, 3.63) is 27.2 Å². The quantitative estimate of drug-likeness (QED) is 0.798. The van der Waals surface area contributed by atoms with Crippen molar-refractivity contribution in [1.29, 1.82) is 0 Å². The highest BCUT2D eigenvalue weighted by molar-refractivity contribution is 9.10. The van der Waals surface area contributed by atoms with E-state index in [-0.39, 0.29) is 6.61 Å². The van der Waals surface area contributed by atoms with E-state index >= 15 is 0 Å². The molecule has 0 amide bonds. The Balaban J connectivity index is 2.70. The van der Waals surface area contributed by atoms with Crippen LogP contribution in [0.2, 0.25) is 5.02 Å². The number of halogens is 2. The van der Waals surface area contributed by atoms with Gasteiger partial charge in [-0.25, -0.2) is 0 Å². The molecule has 0 heterocycles. The Bertz CT molecular complexity index is 323. The number of nitrogens with one attached hydrogen (secondary N) is 1. The van der Waals surface area contributed by atoms with Gasteiger partial charge in [-0.3, -0.25) is 0 Å². The molecule has 1 atom stereocenters. The fraction of sp³-hybridized carbons (Fsp3) is 0.400. The number of aliphatic hydroxyl groups excluding tert-OH is 2. The molecule has 3 N–H and O–H groups in total. The number of aliphatic hydroxyl groups is 2. The Morgan fingerprint density at radius 1 is 1.53 bits per heavy atom. The van der Waals surface area contributed by atoms with E-state index in [1.807, 2.05) is 19.1 Å². The van der Waals surface area contributed by atoms with Crippen LogP contribution < -0.4 is 5.32 Å². The first-order chi connectivity index (χ1) is 7.04. The van der Waals surface area contributed by atoms with Crippen LogP contribution in [0.3, 0.4) is 0 Å². The molecule has 0 bridgehead atoms. The molecule has 0 saturated carbocycles. The zero-order chi connectivity index (χ0) is 11.4. The van der Waals surface area contributed by atoms with Crippen molar-refractivity contribution < 1.29 is 10.2 Å². The van der Waals surface area contributed by atoms with Crippen molar-refractivity contribution in [2.24, 2.45) is 0 Å². The Morgan fingerprint density at radius 2 is 2.20 bits per heavy atom. The summed E-state index contributed by atoms with van der Waals surface area (Å²) < 4.78 is 0.810. The summed E-state index contributed by atoms with van der Waals surface area (Å²) >= 11 is 9.31. The van der Waals surface area contributed by atoms with E-state index in [0.717, 1.165) is 15.7 Å². The highest BCUT2D eigenvalue weighted by Crippen LogP contribution is 2.29. The molecule has 5 heteroatoms. The van der Waals surface area contributed by atoms with Crippen LogP contribution in [0.15, 0.2) is 16.6 Å². The first-order valence-corrected chi connectivity index (χ1v) is 5.70. The van der Waals surface area contributed by atoms with Crippen LogP contribution in [0.25, 0.3) is 0 Å². The fourth-order valence-corrected chi connectivity index (χ4v) is 1.80. The molecule has 0 aliphatic heterocycles. The van der Waals surface area contributed by atoms with Crippen molar-refractivity contribution in [2.75, 3.05) is 18.5 Å². The van der Waals surface area contributed by atoms with Crippen LogP contribution >= 0.6 is 27.5 Å². The topological polar surface area (TPSA) is 52.5 Å². The van der Waals surface area contributed by atoms with Crippen LogP contribution in [-0.4, -0.2) is 29.5 Å². The Kier molecular flexibility index (Phi) is 4.86. The van der Waals surface area contributed by atoms with Crippen LogP contribution in [0, 0.1) is 6.92 Å². The molecule has 0 spiro atoms. The second kappa shape index (κ2) is 5.70. The average Bonchev–Trinajstić information content (AvgIpc) is 2.22. The summed E-state index contributed by atoms with van der Waals surface area (Å²) in [4.78, 5) is 0. The summed E-state index contributed by atoms with van der Waals surface area (Å²) in [6, 6.07) is 3.72. The van der Waals surface area contributed by atoms with E-state index in [0.29, 0.717) is 11.6 Å². The van der Waals surface area contributed by atoms with Gasteiger partial charge in [0.15, 0.2) is 0 Å². The maximum atomic E-state index is 9.16. The molecule has 1 unspecified atom stereocenters. The molecular weight excluding hydrogens is 281 g/mol. The molecular formula is C10H13BrClNO2. The molecule has 0 radical (unpaired) electrons. The highest BCUT2D eigenvalue weighted by Gasteiger charge is 2.05. The minimum Gasteiger partial charge on any atom is -0.394 e. The van der Waals surface area contributed by atoms with E-state index in [9.17, 15) is 0 Å². The molecule has 3 nitrogen and oxygen atoms in total. The summed E-state index contributed by atoms with van der Waals surface area (Å²) in [5.41, 5.74) is 1.81. The van der Waals surface area contributed by atoms with Gasteiger partial charge in [0.1, 0.15) is 0 Å². The predicted molar refractivity (Wildman–Crippen MR) is 65.5 cm³/mol. The van der Waals surface area contributed by atoms with E-state index in [2.05, 4.69) is 21.2 Å².